The van der Waals surface area contributed by atoms with Crippen LogP contribution in [0.15, 0.2) is 48.5 Å². The second kappa shape index (κ2) is 6.79. The van der Waals surface area contributed by atoms with Crippen molar-refractivity contribution in [3.05, 3.63) is 59.7 Å². The molecule has 4 heteroatoms. The SMILES string of the molecule is COc1ccc(CC(Oc2ccc(C)cc2)C(=O)O)cc1. The van der Waals surface area contributed by atoms with Crippen molar-refractivity contribution in [3.63, 3.8) is 0 Å². The molecule has 0 radical (unpaired) electrons. The fourth-order valence-electron chi connectivity index (χ4n) is 1.94. The van der Waals surface area contributed by atoms with Gasteiger partial charge < -0.3 is 14.6 Å². The maximum atomic E-state index is 11.3. The summed E-state index contributed by atoms with van der Waals surface area (Å²) in [5, 5.41) is 9.30. The number of hydrogen-bond donors (Lipinski definition) is 1. The molecule has 0 aliphatic carbocycles. The number of aryl methyl sites for hydroxylation is 1. The molecule has 1 atom stereocenters. The lowest BCUT2D eigenvalue weighted by Gasteiger charge is -2.15. The van der Waals surface area contributed by atoms with Gasteiger partial charge in [0.2, 0.25) is 0 Å². The second-order valence-electron chi connectivity index (χ2n) is 4.81. The van der Waals surface area contributed by atoms with E-state index in [9.17, 15) is 9.90 Å². The van der Waals surface area contributed by atoms with Gasteiger partial charge in [-0.1, -0.05) is 29.8 Å². The first-order chi connectivity index (χ1) is 10.1. The van der Waals surface area contributed by atoms with Gasteiger partial charge in [0, 0.05) is 6.42 Å². The quantitative estimate of drug-likeness (QED) is 0.886. The monoisotopic (exact) mass is 286 g/mol. The zero-order valence-corrected chi connectivity index (χ0v) is 12.1. The molecular formula is C17H18O4. The van der Waals surface area contributed by atoms with Gasteiger partial charge >= 0.3 is 5.97 Å². The molecule has 2 rings (SSSR count). The van der Waals surface area contributed by atoms with E-state index in [0.29, 0.717) is 12.2 Å². The van der Waals surface area contributed by atoms with Crippen molar-refractivity contribution >= 4 is 5.97 Å². The number of ether oxygens (including phenoxy) is 2. The van der Waals surface area contributed by atoms with Crippen molar-refractivity contribution in [1.82, 2.24) is 0 Å². The van der Waals surface area contributed by atoms with Gasteiger partial charge in [0.05, 0.1) is 7.11 Å². The van der Waals surface area contributed by atoms with E-state index in [1.807, 2.05) is 31.2 Å². The average Bonchev–Trinajstić information content (AvgIpc) is 2.49. The Kier molecular flexibility index (Phi) is 4.82. The normalized spacial score (nSPS) is 11.7. The van der Waals surface area contributed by atoms with Gasteiger partial charge in [-0.25, -0.2) is 4.79 Å². The molecule has 2 aromatic rings. The van der Waals surface area contributed by atoms with E-state index in [2.05, 4.69) is 0 Å². The summed E-state index contributed by atoms with van der Waals surface area (Å²) in [7, 11) is 1.59. The van der Waals surface area contributed by atoms with Crippen LogP contribution >= 0.6 is 0 Å². The van der Waals surface area contributed by atoms with Crippen LogP contribution in [0.5, 0.6) is 11.5 Å². The third-order valence-corrected chi connectivity index (χ3v) is 3.15. The molecule has 21 heavy (non-hydrogen) atoms. The van der Waals surface area contributed by atoms with Crippen LogP contribution in [0.1, 0.15) is 11.1 Å². The number of carboxylic acids is 1. The Morgan fingerprint density at radius 2 is 1.62 bits per heavy atom. The maximum absolute atomic E-state index is 11.3. The van der Waals surface area contributed by atoms with E-state index in [0.717, 1.165) is 16.9 Å². The van der Waals surface area contributed by atoms with Crippen molar-refractivity contribution in [2.24, 2.45) is 0 Å². The number of hydrogen-bond acceptors (Lipinski definition) is 3. The van der Waals surface area contributed by atoms with E-state index in [1.165, 1.54) is 0 Å². The summed E-state index contributed by atoms with van der Waals surface area (Å²) in [5.74, 6) is 0.318. The van der Waals surface area contributed by atoms with E-state index in [4.69, 9.17) is 9.47 Å². The topological polar surface area (TPSA) is 55.8 Å². The van der Waals surface area contributed by atoms with Crippen molar-refractivity contribution in [1.29, 1.82) is 0 Å². The summed E-state index contributed by atoms with van der Waals surface area (Å²) in [6.07, 6.45) is -0.617. The summed E-state index contributed by atoms with van der Waals surface area (Å²) in [5.41, 5.74) is 1.99. The summed E-state index contributed by atoms with van der Waals surface area (Å²) >= 11 is 0. The van der Waals surface area contributed by atoms with Gasteiger partial charge in [-0.15, -0.1) is 0 Å². The molecule has 1 N–H and O–H groups in total. The number of methoxy groups -OCH3 is 1. The highest BCUT2D eigenvalue weighted by atomic mass is 16.5. The smallest absolute Gasteiger partial charge is 0.345 e. The van der Waals surface area contributed by atoms with Crippen molar-refractivity contribution < 1.29 is 19.4 Å². The van der Waals surface area contributed by atoms with Gasteiger partial charge in [0.25, 0.3) is 0 Å². The first kappa shape index (κ1) is 14.9. The number of benzene rings is 2. The molecule has 0 saturated carbocycles. The Morgan fingerprint density at radius 3 is 2.14 bits per heavy atom. The van der Waals surface area contributed by atoms with E-state index in [1.54, 1.807) is 31.4 Å². The molecular weight excluding hydrogens is 268 g/mol. The molecule has 0 bridgehead atoms. The van der Waals surface area contributed by atoms with Crippen molar-refractivity contribution in [2.75, 3.05) is 7.11 Å². The predicted octanol–water partition coefficient (Wildman–Crippen LogP) is 3.08. The third kappa shape index (κ3) is 4.24. The van der Waals surface area contributed by atoms with E-state index < -0.39 is 12.1 Å². The largest absolute Gasteiger partial charge is 0.497 e. The van der Waals surface area contributed by atoms with Crippen LogP contribution in [0, 0.1) is 6.92 Å². The van der Waals surface area contributed by atoms with Gasteiger partial charge in [-0.2, -0.15) is 0 Å². The van der Waals surface area contributed by atoms with Crippen LogP contribution < -0.4 is 9.47 Å². The first-order valence-electron chi connectivity index (χ1n) is 6.67. The number of aliphatic carboxylic acids is 1. The summed E-state index contributed by atoms with van der Waals surface area (Å²) in [6.45, 7) is 1.97. The Hall–Kier alpha value is -2.49. The number of rotatable bonds is 6. The molecule has 1 unspecified atom stereocenters. The maximum Gasteiger partial charge on any atom is 0.345 e. The molecule has 0 fully saturated rings. The summed E-state index contributed by atoms with van der Waals surface area (Å²) < 4.78 is 10.6. The number of carbonyl (C=O) groups is 1. The molecule has 0 saturated heterocycles. The lowest BCUT2D eigenvalue weighted by atomic mass is 10.1. The highest BCUT2D eigenvalue weighted by Crippen LogP contribution is 2.17. The van der Waals surface area contributed by atoms with E-state index >= 15 is 0 Å². The standard InChI is InChI=1S/C17H18O4/c1-12-3-7-15(8-4-12)21-16(17(18)19)11-13-5-9-14(20-2)10-6-13/h3-10,16H,11H2,1-2H3,(H,18,19). The Morgan fingerprint density at radius 1 is 1.05 bits per heavy atom. The van der Waals surface area contributed by atoms with Crippen LogP contribution in [0.2, 0.25) is 0 Å². The van der Waals surface area contributed by atoms with Crippen molar-refractivity contribution in [3.8, 4) is 11.5 Å². The minimum absolute atomic E-state index is 0.299. The fraction of sp³-hybridized carbons (Fsp3) is 0.235. The Balaban J connectivity index is 2.07. The zero-order chi connectivity index (χ0) is 15.2. The van der Waals surface area contributed by atoms with Crippen LogP contribution in [-0.2, 0) is 11.2 Å². The molecule has 0 aliphatic rings. The first-order valence-corrected chi connectivity index (χ1v) is 6.67. The highest BCUT2D eigenvalue weighted by molar-refractivity contribution is 5.73. The molecule has 0 heterocycles. The molecule has 110 valence electrons. The van der Waals surface area contributed by atoms with Crippen LogP contribution in [-0.4, -0.2) is 24.3 Å². The zero-order valence-electron chi connectivity index (χ0n) is 12.1. The fourth-order valence-corrected chi connectivity index (χ4v) is 1.94. The van der Waals surface area contributed by atoms with Gasteiger partial charge in [0.15, 0.2) is 6.10 Å². The Labute approximate surface area is 123 Å². The molecule has 0 aromatic heterocycles. The summed E-state index contributed by atoms with van der Waals surface area (Å²) in [4.78, 5) is 11.3. The van der Waals surface area contributed by atoms with Crippen LogP contribution in [0.3, 0.4) is 0 Å². The summed E-state index contributed by atoms with van der Waals surface area (Å²) in [6, 6.07) is 14.6. The number of carboxylic acid groups (broad SMARTS) is 1. The van der Waals surface area contributed by atoms with Crippen LogP contribution in [0.25, 0.3) is 0 Å². The third-order valence-electron chi connectivity index (χ3n) is 3.15. The minimum atomic E-state index is -0.980. The highest BCUT2D eigenvalue weighted by Gasteiger charge is 2.20. The molecule has 0 aliphatic heterocycles. The Bertz CT molecular complexity index is 587. The molecule has 0 spiro atoms. The van der Waals surface area contributed by atoms with Crippen molar-refractivity contribution in [2.45, 2.75) is 19.4 Å². The average molecular weight is 286 g/mol. The van der Waals surface area contributed by atoms with Gasteiger partial charge in [-0.3, -0.25) is 0 Å². The van der Waals surface area contributed by atoms with Crippen LogP contribution in [0.4, 0.5) is 0 Å². The lowest BCUT2D eigenvalue weighted by Crippen LogP contribution is -2.29. The lowest BCUT2D eigenvalue weighted by molar-refractivity contribution is -0.145. The van der Waals surface area contributed by atoms with E-state index in [-0.39, 0.29) is 0 Å². The molecule has 0 amide bonds. The predicted molar refractivity (Wildman–Crippen MR) is 79.9 cm³/mol. The minimum Gasteiger partial charge on any atom is -0.497 e. The molecule has 2 aromatic carbocycles. The second-order valence-corrected chi connectivity index (χ2v) is 4.81. The molecule has 4 nitrogen and oxygen atoms in total. The van der Waals surface area contributed by atoms with Gasteiger partial charge in [0.1, 0.15) is 11.5 Å². The van der Waals surface area contributed by atoms with Gasteiger partial charge in [-0.05, 0) is 36.8 Å².